The highest BCUT2D eigenvalue weighted by atomic mass is 32.2. The van der Waals surface area contributed by atoms with Crippen molar-refractivity contribution in [2.75, 3.05) is 6.61 Å². The molecule has 0 amide bonds. The molecule has 2 heterocycles. The smallest absolute Gasteiger partial charge is 0.210 e. The maximum Gasteiger partial charge on any atom is 0.210 e. The van der Waals surface area contributed by atoms with E-state index in [1.54, 1.807) is 6.26 Å². The van der Waals surface area contributed by atoms with E-state index >= 15 is 0 Å². The van der Waals surface area contributed by atoms with Gasteiger partial charge in [-0.05, 0) is 38.3 Å². The number of ether oxygens (including phenoxy) is 2. The Bertz CT molecular complexity index is 527. The molecule has 0 aromatic heterocycles. The maximum atomic E-state index is 12.5. The summed E-state index contributed by atoms with van der Waals surface area (Å²) in [7, 11) is -1.12. The first-order valence-electron chi connectivity index (χ1n) is 7.18. The molecule has 3 rings (SSSR count). The maximum absolute atomic E-state index is 12.5. The zero-order valence-electron chi connectivity index (χ0n) is 11.8. The molecule has 3 nitrogen and oxygen atoms in total. The van der Waals surface area contributed by atoms with Crippen LogP contribution in [0.2, 0.25) is 0 Å². The molecule has 20 heavy (non-hydrogen) atoms. The van der Waals surface area contributed by atoms with E-state index in [9.17, 15) is 4.21 Å². The quantitative estimate of drug-likeness (QED) is 0.834. The van der Waals surface area contributed by atoms with E-state index in [1.165, 1.54) is 5.56 Å². The fraction of sp³-hybridized carbons (Fsp3) is 0.500. The predicted octanol–water partition coefficient (Wildman–Crippen LogP) is 3.65. The summed E-state index contributed by atoms with van der Waals surface area (Å²) in [6.45, 7) is 2.80. The molecule has 1 saturated heterocycles. The Morgan fingerprint density at radius 3 is 2.55 bits per heavy atom. The molecule has 0 saturated carbocycles. The molecule has 1 aromatic carbocycles. The summed E-state index contributed by atoms with van der Waals surface area (Å²) in [5.41, 5.74) is 1.18. The highest BCUT2D eigenvalue weighted by Gasteiger charge is 2.37. The second kappa shape index (κ2) is 5.70. The van der Waals surface area contributed by atoms with Crippen LogP contribution in [-0.4, -0.2) is 16.6 Å². The van der Waals surface area contributed by atoms with Gasteiger partial charge in [0.2, 0.25) is 5.79 Å². The van der Waals surface area contributed by atoms with Crippen LogP contribution in [0.4, 0.5) is 0 Å². The van der Waals surface area contributed by atoms with Gasteiger partial charge < -0.3 is 9.47 Å². The Hall–Kier alpha value is -1.13. The molecule has 2 aliphatic rings. The lowest BCUT2D eigenvalue weighted by molar-refractivity contribution is -0.236. The molecule has 0 N–H and O–H groups in total. The molecule has 2 atom stereocenters. The van der Waals surface area contributed by atoms with Crippen molar-refractivity contribution in [1.29, 1.82) is 0 Å². The number of rotatable bonds is 2. The Labute approximate surface area is 122 Å². The molecule has 4 heteroatoms. The predicted molar refractivity (Wildman–Crippen MR) is 78.5 cm³/mol. The van der Waals surface area contributed by atoms with Gasteiger partial charge in [0, 0.05) is 17.7 Å². The highest BCUT2D eigenvalue weighted by molar-refractivity contribution is 7.89. The van der Waals surface area contributed by atoms with E-state index in [4.69, 9.17) is 9.47 Å². The summed E-state index contributed by atoms with van der Waals surface area (Å²) < 4.78 is 24.1. The summed E-state index contributed by atoms with van der Waals surface area (Å²) in [6, 6.07) is 7.83. The van der Waals surface area contributed by atoms with E-state index in [2.05, 4.69) is 0 Å². The highest BCUT2D eigenvalue weighted by Crippen LogP contribution is 2.37. The third-order valence-electron chi connectivity index (χ3n) is 3.95. The third kappa shape index (κ3) is 2.81. The van der Waals surface area contributed by atoms with Gasteiger partial charge in [-0.15, -0.1) is 0 Å². The Balaban J connectivity index is 1.72. The number of hydrogen-bond donors (Lipinski definition) is 0. The number of benzene rings is 1. The molecular weight excluding hydrogens is 272 g/mol. The van der Waals surface area contributed by atoms with Gasteiger partial charge in [0.05, 0.1) is 28.6 Å². The minimum atomic E-state index is -1.12. The molecule has 108 valence electrons. The normalized spacial score (nSPS) is 27.8. The molecule has 1 spiro atoms. The average Bonchev–Trinajstić information content (AvgIpc) is 2.49. The monoisotopic (exact) mass is 292 g/mol. The van der Waals surface area contributed by atoms with Crippen molar-refractivity contribution >= 4 is 10.8 Å². The van der Waals surface area contributed by atoms with Crippen LogP contribution in [0, 0.1) is 6.92 Å². The van der Waals surface area contributed by atoms with Crippen LogP contribution in [0.15, 0.2) is 40.3 Å². The van der Waals surface area contributed by atoms with Crippen molar-refractivity contribution in [2.45, 2.75) is 49.7 Å². The van der Waals surface area contributed by atoms with Gasteiger partial charge in [-0.2, -0.15) is 0 Å². The van der Waals surface area contributed by atoms with Gasteiger partial charge >= 0.3 is 0 Å². The van der Waals surface area contributed by atoms with Crippen LogP contribution in [-0.2, 0) is 20.3 Å². The van der Waals surface area contributed by atoms with Gasteiger partial charge in [-0.25, -0.2) is 4.21 Å². The van der Waals surface area contributed by atoms with Crippen molar-refractivity contribution < 1.29 is 13.7 Å². The second-order valence-electron chi connectivity index (χ2n) is 5.50. The zero-order valence-corrected chi connectivity index (χ0v) is 12.6. The summed E-state index contributed by atoms with van der Waals surface area (Å²) in [6.07, 6.45) is 6.44. The van der Waals surface area contributed by atoms with E-state index in [0.29, 0.717) is 0 Å². The fourth-order valence-electron chi connectivity index (χ4n) is 2.67. The van der Waals surface area contributed by atoms with E-state index < -0.39 is 16.6 Å². The molecule has 1 aromatic rings. The average molecular weight is 292 g/mol. The van der Waals surface area contributed by atoms with Crippen molar-refractivity contribution in [2.24, 2.45) is 0 Å². The van der Waals surface area contributed by atoms with Gasteiger partial charge in [0.25, 0.3) is 0 Å². The largest absolute Gasteiger partial charge is 0.469 e. The lowest BCUT2D eigenvalue weighted by Crippen LogP contribution is -2.39. The number of hydrogen-bond acceptors (Lipinski definition) is 3. The molecule has 0 bridgehead atoms. The van der Waals surface area contributed by atoms with Crippen LogP contribution in [0.25, 0.3) is 0 Å². The lowest BCUT2D eigenvalue weighted by Gasteiger charge is -2.38. The van der Waals surface area contributed by atoms with Crippen LogP contribution >= 0.6 is 0 Å². The topological polar surface area (TPSA) is 35.5 Å². The van der Waals surface area contributed by atoms with Crippen molar-refractivity contribution in [3.05, 3.63) is 41.0 Å². The van der Waals surface area contributed by atoms with Crippen LogP contribution in [0.1, 0.15) is 37.7 Å². The van der Waals surface area contributed by atoms with Crippen molar-refractivity contribution in [1.82, 2.24) is 0 Å². The number of aryl methyl sites for hydroxylation is 1. The van der Waals surface area contributed by atoms with Crippen LogP contribution < -0.4 is 0 Å². The first-order valence-corrected chi connectivity index (χ1v) is 8.33. The fourth-order valence-corrected chi connectivity index (χ4v) is 3.78. The van der Waals surface area contributed by atoms with E-state index in [-0.39, 0.29) is 0 Å². The van der Waals surface area contributed by atoms with E-state index in [1.807, 2.05) is 31.2 Å². The standard InChI is InChI=1S/C16H20O3S/c1-13-4-6-14(7-5-13)20(17)15-8-10-16(19-12-15)9-2-3-11-18-16/h4-7,12H,2-3,8-11H2,1H3/t16-,20+/m1/s1. The summed E-state index contributed by atoms with van der Waals surface area (Å²) in [5, 5.41) is 0. The molecule has 0 unspecified atom stereocenters. The Morgan fingerprint density at radius 2 is 1.95 bits per heavy atom. The van der Waals surface area contributed by atoms with Crippen molar-refractivity contribution in [3.8, 4) is 0 Å². The van der Waals surface area contributed by atoms with Crippen molar-refractivity contribution in [3.63, 3.8) is 0 Å². The molecule has 0 aliphatic carbocycles. The SMILES string of the molecule is Cc1ccc([S@](=O)C2=CO[C@]3(CCCCO3)CC2)cc1. The lowest BCUT2D eigenvalue weighted by atomic mass is 9.99. The third-order valence-corrected chi connectivity index (χ3v) is 5.42. The zero-order chi connectivity index (χ0) is 14.0. The molecular formula is C16H20O3S. The minimum absolute atomic E-state index is 0.445. The van der Waals surface area contributed by atoms with Gasteiger partial charge in [0.1, 0.15) is 0 Å². The molecule has 2 aliphatic heterocycles. The van der Waals surface area contributed by atoms with Gasteiger partial charge in [-0.1, -0.05) is 17.7 Å². The van der Waals surface area contributed by atoms with Gasteiger partial charge in [0.15, 0.2) is 0 Å². The first-order chi connectivity index (χ1) is 9.69. The van der Waals surface area contributed by atoms with Crippen LogP contribution in [0.3, 0.4) is 0 Å². The number of allylic oxidation sites excluding steroid dienone is 1. The summed E-state index contributed by atoms with van der Waals surface area (Å²) in [5.74, 6) is -0.445. The summed E-state index contributed by atoms with van der Waals surface area (Å²) >= 11 is 0. The second-order valence-corrected chi connectivity index (χ2v) is 7.03. The Morgan fingerprint density at radius 1 is 1.15 bits per heavy atom. The Kier molecular flexibility index (Phi) is 3.94. The van der Waals surface area contributed by atoms with Gasteiger partial charge in [-0.3, -0.25) is 0 Å². The first kappa shape index (κ1) is 13.8. The minimum Gasteiger partial charge on any atom is -0.469 e. The molecule has 1 fully saturated rings. The van der Waals surface area contributed by atoms with E-state index in [0.717, 1.165) is 48.5 Å². The summed E-state index contributed by atoms with van der Waals surface area (Å²) in [4.78, 5) is 1.69. The molecule has 0 radical (unpaired) electrons. The van der Waals surface area contributed by atoms with Crippen LogP contribution in [0.5, 0.6) is 0 Å².